The van der Waals surface area contributed by atoms with Crippen molar-refractivity contribution in [2.45, 2.75) is 19.5 Å². The number of aliphatic imine (C=N–C) groups is 1. The van der Waals surface area contributed by atoms with Gasteiger partial charge in [0.05, 0.1) is 18.3 Å². The molecule has 2 atom stereocenters. The molecule has 0 aliphatic heterocycles. The van der Waals surface area contributed by atoms with Crippen molar-refractivity contribution in [1.82, 2.24) is 10.6 Å². The number of amides is 2. The van der Waals surface area contributed by atoms with E-state index in [1.807, 2.05) is 29.6 Å². The van der Waals surface area contributed by atoms with Crippen LogP contribution in [-0.2, 0) is 11.3 Å². The minimum Gasteiger partial charge on any atom is -0.368 e. The number of carbonyl (C=O) groups excluding carboxylic acids is 2. The number of thiophene rings is 1. The first kappa shape index (κ1) is 22.1. The minimum absolute atomic E-state index is 0.147. The molecule has 1 aromatic heterocycles. The Morgan fingerprint density at radius 2 is 2.14 bits per heavy atom. The molecule has 0 bridgehead atoms. The number of nitrogens with one attached hydrogen (secondary N) is 2. The van der Waals surface area contributed by atoms with Gasteiger partial charge in [0.15, 0.2) is 0 Å². The Labute approximate surface area is 172 Å². The smallest absolute Gasteiger partial charge is 0.252 e. The fourth-order valence-corrected chi connectivity index (χ4v) is 3.27. The van der Waals surface area contributed by atoms with Crippen molar-refractivity contribution in [1.29, 1.82) is 0 Å². The van der Waals surface area contributed by atoms with E-state index in [4.69, 9.17) is 11.3 Å². The van der Waals surface area contributed by atoms with Gasteiger partial charge in [-0.1, -0.05) is 30.2 Å². The van der Waals surface area contributed by atoms with Crippen LogP contribution in [0.3, 0.4) is 0 Å². The summed E-state index contributed by atoms with van der Waals surface area (Å²) in [6, 6.07) is 8.59. The lowest BCUT2D eigenvalue weighted by Gasteiger charge is -2.21. The number of hydrogen-bond acceptors (Lipinski definition) is 6. The maximum absolute atomic E-state index is 11.9. The normalized spacial score (nSPS) is 12.9. The van der Waals surface area contributed by atoms with Crippen LogP contribution in [0.4, 0.5) is 5.69 Å². The topological polar surface area (TPSA) is 145 Å². The molecular weight excluding hydrogens is 390 g/mol. The third-order valence-corrected chi connectivity index (χ3v) is 4.86. The Hall–Kier alpha value is -3.20. The fraction of sp³-hybridized carbons (Fsp3) is 0.316. The van der Waals surface area contributed by atoms with Crippen molar-refractivity contribution in [3.05, 3.63) is 62.7 Å². The largest absolute Gasteiger partial charge is 0.368 e. The molecule has 29 heavy (non-hydrogen) atoms. The Morgan fingerprint density at radius 1 is 1.34 bits per heavy atom. The maximum Gasteiger partial charge on any atom is 0.252 e. The number of para-hydroxylation sites is 1. The van der Waals surface area contributed by atoms with Crippen molar-refractivity contribution in [3.8, 4) is 0 Å². The summed E-state index contributed by atoms with van der Waals surface area (Å²) < 4.78 is 0. The molecule has 2 amide bonds. The predicted molar refractivity (Wildman–Crippen MR) is 114 cm³/mol. The average molecular weight is 414 g/mol. The second-order valence-corrected chi connectivity index (χ2v) is 7.09. The van der Waals surface area contributed by atoms with Crippen molar-refractivity contribution in [3.63, 3.8) is 0 Å². The van der Waals surface area contributed by atoms with Gasteiger partial charge in [0.1, 0.15) is 0 Å². The van der Waals surface area contributed by atoms with Gasteiger partial charge in [-0.15, -0.1) is 0 Å². The summed E-state index contributed by atoms with van der Waals surface area (Å²) in [5.74, 6) is -0.903. The Kier molecular flexibility index (Phi) is 8.84. The summed E-state index contributed by atoms with van der Waals surface area (Å²) in [5, 5.41) is 13.0. The monoisotopic (exact) mass is 413 g/mol. The van der Waals surface area contributed by atoms with Crippen LogP contribution in [-0.4, -0.2) is 37.2 Å². The Bertz CT molecular complexity index is 892. The first-order chi connectivity index (χ1) is 14.0. The highest BCUT2D eigenvalue weighted by Gasteiger charge is 2.22. The minimum atomic E-state index is -0.637. The van der Waals surface area contributed by atoms with E-state index in [0.717, 1.165) is 11.3 Å². The molecule has 0 radical (unpaired) electrons. The number of azide groups is 1. The molecule has 0 saturated heterocycles. The van der Waals surface area contributed by atoms with Crippen molar-refractivity contribution >= 4 is 35.1 Å². The lowest BCUT2D eigenvalue weighted by molar-refractivity contribution is -0.121. The molecule has 1 unspecified atom stereocenters. The highest BCUT2D eigenvalue weighted by molar-refractivity contribution is 7.08. The second kappa shape index (κ2) is 11.6. The number of nitrogens with two attached hydrogens (primary N) is 1. The summed E-state index contributed by atoms with van der Waals surface area (Å²) >= 11 is 1.46. The molecule has 10 heteroatoms. The first-order valence-corrected chi connectivity index (χ1v) is 9.91. The molecular formula is C19H23N7O2S. The van der Waals surface area contributed by atoms with Gasteiger partial charge in [-0.25, -0.2) is 0 Å². The number of primary amides is 1. The van der Waals surface area contributed by atoms with E-state index < -0.39 is 11.9 Å². The van der Waals surface area contributed by atoms with Crippen LogP contribution in [0.15, 0.2) is 51.2 Å². The van der Waals surface area contributed by atoms with E-state index in [1.165, 1.54) is 11.3 Å². The molecule has 0 aliphatic rings. The van der Waals surface area contributed by atoms with Gasteiger partial charge < -0.3 is 16.4 Å². The van der Waals surface area contributed by atoms with Crippen molar-refractivity contribution < 1.29 is 9.59 Å². The van der Waals surface area contributed by atoms with Gasteiger partial charge in [-0.3, -0.25) is 14.6 Å². The quantitative estimate of drug-likeness (QED) is 0.225. The predicted octanol–water partition coefficient (Wildman–Crippen LogP) is 2.77. The van der Waals surface area contributed by atoms with Crippen LogP contribution >= 0.6 is 11.3 Å². The van der Waals surface area contributed by atoms with E-state index in [9.17, 15) is 9.59 Å². The van der Waals surface area contributed by atoms with Gasteiger partial charge in [-0.2, -0.15) is 11.3 Å². The fourth-order valence-electron chi connectivity index (χ4n) is 2.64. The van der Waals surface area contributed by atoms with Crippen LogP contribution in [0, 0.1) is 5.92 Å². The molecule has 1 heterocycles. The number of hydrogen-bond donors (Lipinski definition) is 3. The molecule has 2 rings (SSSR count). The standard InChI is InChI=1S/C19H23N7O2S/c1-13(10-25-26-21)17(18(20)27)24-11-14-4-2-3-5-16(14)22-7-8-23-19(28)15-6-9-29-12-15/h2-7,9,12-13,17,24H,8,10-11H2,1H3,(H2,20,27)(H,23,28)/t13?,17-/m0/s1. The molecule has 0 fully saturated rings. The summed E-state index contributed by atoms with van der Waals surface area (Å²) in [7, 11) is 0. The van der Waals surface area contributed by atoms with Crippen LogP contribution in [0.5, 0.6) is 0 Å². The Balaban J connectivity index is 1.95. The van der Waals surface area contributed by atoms with Gasteiger partial charge in [0.2, 0.25) is 5.91 Å². The van der Waals surface area contributed by atoms with Gasteiger partial charge in [0.25, 0.3) is 5.91 Å². The molecule has 0 saturated carbocycles. The van der Waals surface area contributed by atoms with E-state index in [2.05, 4.69) is 25.7 Å². The third kappa shape index (κ3) is 7.04. The van der Waals surface area contributed by atoms with Crippen LogP contribution < -0.4 is 16.4 Å². The average Bonchev–Trinajstić information content (AvgIpc) is 3.25. The zero-order valence-electron chi connectivity index (χ0n) is 16.0. The summed E-state index contributed by atoms with van der Waals surface area (Å²) in [5.41, 5.74) is 16.1. The number of nitrogens with zero attached hydrogens (tertiary/aromatic N) is 4. The lowest BCUT2D eigenvalue weighted by Crippen LogP contribution is -2.46. The number of benzene rings is 1. The third-order valence-electron chi connectivity index (χ3n) is 4.18. The zero-order valence-corrected chi connectivity index (χ0v) is 16.8. The van der Waals surface area contributed by atoms with Crippen molar-refractivity contribution in [2.75, 3.05) is 13.1 Å². The summed E-state index contributed by atoms with van der Waals surface area (Å²) in [6.07, 6.45) is 1.62. The van der Waals surface area contributed by atoms with Gasteiger partial charge >= 0.3 is 0 Å². The van der Waals surface area contributed by atoms with Crippen LogP contribution in [0.2, 0.25) is 0 Å². The van der Waals surface area contributed by atoms with Crippen molar-refractivity contribution in [2.24, 2.45) is 21.8 Å². The number of carbonyl (C=O) groups is 2. The van der Waals surface area contributed by atoms with E-state index in [1.54, 1.807) is 24.6 Å². The number of rotatable bonds is 11. The molecule has 4 N–H and O–H groups in total. The van der Waals surface area contributed by atoms with Crippen LogP contribution in [0.1, 0.15) is 22.8 Å². The highest BCUT2D eigenvalue weighted by Crippen LogP contribution is 2.18. The molecule has 2 aromatic rings. The van der Waals surface area contributed by atoms with Gasteiger partial charge in [0, 0.05) is 35.2 Å². The van der Waals surface area contributed by atoms with Crippen LogP contribution in [0.25, 0.3) is 10.4 Å². The highest BCUT2D eigenvalue weighted by atomic mass is 32.1. The maximum atomic E-state index is 11.9. The molecule has 1 aromatic carbocycles. The molecule has 152 valence electrons. The summed E-state index contributed by atoms with van der Waals surface area (Å²) in [4.78, 5) is 30.8. The van der Waals surface area contributed by atoms with E-state index in [-0.39, 0.29) is 18.4 Å². The molecule has 0 spiro atoms. The zero-order chi connectivity index (χ0) is 21.1. The molecule has 9 nitrogen and oxygen atoms in total. The van der Waals surface area contributed by atoms with E-state index >= 15 is 0 Å². The van der Waals surface area contributed by atoms with E-state index in [0.29, 0.717) is 18.7 Å². The second-order valence-electron chi connectivity index (χ2n) is 6.31. The molecule has 0 aliphatic carbocycles. The Morgan fingerprint density at radius 3 is 2.83 bits per heavy atom. The SMILES string of the molecule is CC(CN=[N+]=[N-])[C@H](NCc1ccccc1N=CCNC(=O)c1ccsc1)C(N)=O. The summed E-state index contributed by atoms with van der Waals surface area (Å²) in [6.45, 7) is 2.62. The first-order valence-electron chi connectivity index (χ1n) is 8.97. The lowest BCUT2D eigenvalue weighted by atomic mass is 10.0. The van der Waals surface area contributed by atoms with Gasteiger partial charge in [-0.05, 0) is 34.5 Å².